The van der Waals surface area contributed by atoms with Crippen molar-refractivity contribution < 1.29 is 9.90 Å². The second kappa shape index (κ2) is 4.61. The van der Waals surface area contributed by atoms with E-state index in [0.29, 0.717) is 11.9 Å². The number of rotatable bonds is 2. The van der Waals surface area contributed by atoms with Crippen molar-refractivity contribution in [2.24, 2.45) is 0 Å². The molecule has 1 fully saturated rings. The van der Waals surface area contributed by atoms with E-state index in [1.165, 1.54) is 12.8 Å². The van der Waals surface area contributed by atoms with Crippen LogP contribution in [0.25, 0.3) is 0 Å². The van der Waals surface area contributed by atoms with Crippen LogP contribution in [0.5, 0.6) is 0 Å². The van der Waals surface area contributed by atoms with Gasteiger partial charge in [-0.15, -0.1) is 0 Å². The van der Waals surface area contributed by atoms with Crippen LogP contribution < -0.4 is 10.2 Å². The third kappa shape index (κ3) is 2.49. The van der Waals surface area contributed by atoms with Gasteiger partial charge in [-0.25, -0.2) is 9.78 Å². The Morgan fingerprint density at radius 3 is 2.94 bits per heavy atom. The van der Waals surface area contributed by atoms with Crippen molar-refractivity contribution in [3.63, 3.8) is 0 Å². The average Bonchev–Trinajstić information content (AvgIpc) is 2.64. The van der Waals surface area contributed by atoms with Gasteiger partial charge in [-0.05, 0) is 38.3 Å². The molecule has 2 N–H and O–H groups in total. The predicted octanol–water partition coefficient (Wildman–Crippen LogP) is 2.47. The van der Waals surface area contributed by atoms with E-state index in [0.717, 1.165) is 17.8 Å². The van der Waals surface area contributed by atoms with Gasteiger partial charge in [0.15, 0.2) is 0 Å². The second-order valence-electron chi connectivity index (χ2n) is 4.47. The number of anilines is 2. The van der Waals surface area contributed by atoms with Crippen LogP contribution >= 0.6 is 0 Å². The largest absolute Gasteiger partial charge is 0.465 e. The maximum atomic E-state index is 10.5. The summed E-state index contributed by atoms with van der Waals surface area (Å²) in [6, 6.07) is 2.31. The number of carboxylic acid groups (broad SMARTS) is 1. The molecule has 1 atom stereocenters. The van der Waals surface area contributed by atoms with E-state index in [9.17, 15) is 4.79 Å². The van der Waals surface area contributed by atoms with Gasteiger partial charge in [0, 0.05) is 12.6 Å². The van der Waals surface area contributed by atoms with E-state index < -0.39 is 6.09 Å². The van der Waals surface area contributed by atoms with Gasteiger partial charge < -0.3 is 10.0 Å². The molecule has 5 nitrogen and oxygen atoms in total. The number of nitrogens with one attached hydrogen (secondary N) is 1. The topological polar surface area (TPSA) is 65.5 Å². The fraction of sp³-hybridized carbons (Fsp3) is 0.500. The van der Waals surface area contributed by atoms with Crippen LogP contribution in [0.1, 0.15) is 25.3 Å². The molecule has 1 aliphatic heterocycles. The van der Waals surface area contributed by atoms with Gasteiger partial charge in [0.2, 0.25) is 0 Å². The molecular formula is C12H17N3O2. The van der Waals surface area contributed by atoms with E-state index in [2.05, 4.69) is 22.1 Å². The molecule has 92 valence electrons. The highest BCUT2D eigenvalue weighted by atomic mass is 16.4. The molecule has 0 aromatic carbocycles. The third-order valence-electron chi connectivity index (χ3n) is 3.18. The normalized spacial score (nSPS) is 19.4. The molecule has 1 saturated heterocycles. The number of pyridine rings is 1. The van der Waals surface area contributed by atoms with Crippen molar-refractivity contribution in [3.05, 3.63) is 17.8 Å². The molecule has 1 unspecified atom stereocenters. The van der Waals surface area contributed by atoms with E-state index >= 15 is 0 Å². The van der Waals surface area contributed by atoms with Gasteiger partial charge in [-0.1, -0.05) is 0 Å². The summed E-state index contributed by atoms with van der Waals surface area (Å²) in [5.41, 5.74) is 2.16. The lowest BCUT2D eigenvalue weighted by Gasteiger charge is -2.25. The van der Waals surface area contributed by atoms with E-state index in [1.807, 2.05) is 6.92 Å². The summed E-state index contributed by atoms with van der Waals surface area (Å²) in [6.07, 6.45) is 3.08. The molecule has 2 heterocycles. The smallest absolute Gasteiger partial charge is 0.410 e. The molecule has 1 aliphatic rings. The van der Waals surface area contributed by atoms with E-state index in [-0.39, 0.29) is 0 Å². The Balaban J connectivity index is 2.22. The van der Waals surface area contributed by atoms with Gasteiger partial charge in [-0.2, -0.15) is 0 Å². The maximum Gasteiger partial charge on any atom is 0.410 e. The number of amides is 1. The molecule has 5 heteroatoms. The van der Waals surface area contributed by atoms with Gasteiger partial charge in [0.25, 0.3) is 0 Å². The minimum Gasteiger partial charge on any atom is -0.465 e. The fourth-order valence-electron chi connectivity index (χ4n) is 2.32. The van der Waals surface area contributed by atoms with Crippen LogP contribution in [-0.2, 0) is 0 Å². The number of aromatic nitrogens is 1. The Bertz CT molecular complexity index is 434. The molecule has 1 aromatic rings. The van der Waals surface area contributed by atoms with Crippen molar-refractivity contribution >= 4 is 17.6 Å². The first-order chi connectivity index (χ1) is 8.08. The SMILES string of the molecule is Cc1cc(NC(=O)O)ncc1N1CCCC1C. The quantitative estimate of drug-likeness (QED) is 0.826. The summed E-state index contributed by atoms with van der Waals surface area (Å²) in [5.74, 6) is 0.380. The minimum atomic E-state index is -1.08. The molecule has 0 spiro atoms. The lowest BCUT2D eigenvalue weighted by atomic mass is 10.2. The summed E-state index contributed by atoms with van der Waals surface area (Å²) in [6.45, 7) is 5.24. The third-order valence-corrected chi connectivity index (χ3v) is 3.18. The second-order valence-corrected chi connectivity index (χ2v) is 4.47. The fourth-order valence-corrected chi connectivity index (χ4v) is 2.32. The lowest BCUT2D eigenvalue weighted by molar-refractivity contribution is 0.209. The number of aryl methyl sites for hydroxylation is 1. The van der Waals surface area contributed by atoms with Crippen molar-refractivity contribution in [2.45, 2.75) is 32.7 Å². The number of nitrogens with zero attached hydrogens (tertiary/aromatic N) is 2. The molecular weight excluding hydrogens is 218 g/mol. The Morgan fingerprint density at radius 2 is 2.41 bits per heavy atom. The molecule has 0 radical (unpaired) electrons. The highest BCUT2D eigenvalue weighted by Crippen LogP contribution is 2.28. The van der Waals surface area contributed by atoms with Crippen LogP contribution in [0.15, 0.2) is 12.3 Å². The van der Waals surface area contributed by atoms with Gasteiger partial charge in [0.1, 0.15) is 5.82 Å². The molecule has 17 heavy (non-hydrogen) atoms. The first-order valence-electron chi connectivity index (χ1n) is 5.81. The minimum absolute atomic E-state index is 0.380. The van der Waals surface area contributed by atoms with Crippen molar-refractivity contribution in [3.8, 4) is 0 Å². The van der Waals surface area contributed by atoms with Crippen LogP contribution in [0, 0.1) is 6.92 Å². The zero-order valence-corrected chi connectivity index (χ0v) is 10.1. The summed E-state index contributed by atoms with van der Waals surface area (Å²) in [7, 11) is 0. The summed E-state index contributed by atoms with van der Waals surface area (Å²) in [5, 5.41) is 10.9. The summed E-state index contributed by atoms with van der Waals surface area (Å²) in [4.78, 5) is 17.0. The molecule has 1 aromatic heterocycles. The average molecular weight is 235 g/mol. The van der Waals surface area contributed by atoms with Crippen LogP contribution in [0.2, 0.25) is 0 Å². The van der Waals surface area contributed by atoms with Gasteiger partial charge in [-0.3, -0.25) is 5.32 Å². The van der Waals surface area contributed by atoms with Crippen LogP contribution in [-0.4, -0.2) is 28.8 Å². The Kier molecular flexibility index (Phi) is 3.17. The lowest BCUT2D eigenvalue weighted by Crippen LogP contribution is -2.27. The molecule has 2 rings (SSSR count). The molecule has 0 saturated carbocycles. The maximum absolute atomic E-state index is 10.5. The molecule has 0 bridgehead atoms. The predicted molar refractivity (Wildman–Crippen MR) is 66.7 cm³/mol. The zero-order chi connectivity index (χ0) is 12.4. The Morgan fingerprint density at radius 1 is 1.65 bits per heavy atom. The Hall–Kier alpha value is -1.78. The van der Waals surface area contributed by atoms with E-state index in [4.69, 9.17) is 5.11 Å². The van der Waals surface area contributed by atoms with Gasteiger partial charge in [0.05, 0.1) is 11.9 Å². The number of hydrogen-bond acceptors (Lipinski definition) is 3. The standard InChI is InChI=1S/C12H17N3O2/c1-8-6-11(14-12(16)17)13-7-10(8)15-5-3-4-9(15)2/h6-7,9H,3-5H2,1-2H3,(H,13,14)(H,16,17). The highest BCUT2D eigenvalue weighted by Gasteiger charge is 2.22. The Labute approximate surface area is 100 Å². The summed E-state index contributed by atoms with van der Waals surface area (Å²) >= 11 is 0. The van der Waals surface area contributed by atoms with Gasteiger partial charge >= 0.3 is 6.09 Å². The molecule has 0 aliphatic carbocycles. The van der Waals surface area contributed by atoms with Crippen molar-refractivity contribution in [1.82, 2.24) is 4.98 Å². The number of hydrogen-bond donors (Lipinski definition) is 2. The van der Waals surface area contributed by atoms with Crippen LogP contribution in [0.4, 0.5) is 16.3 Å². The molecule has 1 amide bonds. The first-order valence-corrected chi connectivity index (χ1v) is 5.81. The van der Waals surface area contributed by atoms with Crippen LogP contribution in [0.3, 0.4) is 0 Å². The van der Waals surface area contributed by atoms with Crippen molar-refractivity contribution in [2.75, 3.05) is 16.8 Å². The highest BCUT2D eigenvalue weighted by molar-refractivity contribution is 5.81. The zero-order valence-electron chi connectivity index (χ0n) is 10.1. The summed E-state index contributed by atoms with van der Waals surface area (Å²) < 4.78 is 0. The number of carbonyl (C=O) groups is 1. The van der Waals surface area contributed by atoms with Crippen molar-refractivity contribution in [1.29, 1.82) is 0 Å². The first kappa shape index (κ1) is 11.7. The van der Waals surface area contributed by atoms with E-state index in [1.54, 1.807) is 12.3 Å². The monoisotopic (exact) mass is 235 g/mol.